The zero-order chi connectivity index (χ0) is 19.5. The normalized spacial score (nSPS) is 17.8. The SMILES string of the molecule is c1ccc(Cn2ccnc2C2CCN(c3cc(N4CCCC4)cnn3)CC2)nc1. The number of pyridine rings is 1. The van der Waals surface area contributed by atoms with E-state index in [9.17, 15) is 0 Å². The number of piperidine rings is 1. The van der Waals surface area contributed by atoms with Crippen LogP contribution in [0.3, 0.4) is 0 Å². The van der Waals surface area contributed by atoms with Gasteiger partial charge in [-0.25, -0.2) is 4.98 Å². The smallest absolute Gasteiger partial charge is 0.153 e. The Hall–Kier alpha value is -2.96. The van der Waals surface area contributed by atoms with Crippen LogP contribution in [-0.2, 0) is 6.54 Å². The van der Waals surface area contributed by atoms with Gasteiger partial charge in [0.05, 0.1) is 24.1 Å². The molecule has 7 nitrogen and oxygen atoms in total. The molecule has 0 amide bonds. The second-order valence-electron chi connectivity index (χ2n) is 7.96. The molecule has 150 valence electrons. The Morgan fingerprint density at radius 2 is 1.79 bits per heavy atom. The molecule has 0 saturated carbocycles. The van der Waals surface area contributed by atoms with E-state index in [0.29, 0.717) is 5.92 Å². The van der Waals surface area contributed by atoms with Crippen molar-refractivity contribution in [2.75, 3.05) is 36.0 Å². The van der Waals surface area contributed by atoms with Crippen molar-refractivity contribution in [3.63, 3.8) is 0 Å². The summed E-state index contributed by atoms with van der Waals surface area (Å²) in [5, 5.41) is 8.69. The van der Waals surface area contributed by atoms with Crippen LogP contribution in [0.4, 0.5) is 11.5 Å². The summed E-state index contributed by atoms with van der Waals surface area (Å²) >= 11 is 0. The van der Waals surface area contributed by atoms with Crippen molar-refractivity contribution in [3.05, 3.63) is 60.6 Å². The summed E-state index contributed by atoms with van der Waals surface area (Å²) in [5.74, 6) is 2.65. The third kappa shape index (κ3) is 3.95. The van der Waals surface area contributed by atoms with Crippen LogP contribution in [0.15, 0.2) is 49.1 Å². The van der Waals surface area contributed by atoms with E-state index in [0.717, 1.165) is 57.1 Å². The van der Waals surface area contributed by atoms with Crippen LogP contribution in [-0.4, -0.2) is 50.9 Å². The predicted octanol–water partition coefficient (Wildman–Crippen LogP) is 3.10. The summed E-state index contributed by atoms with van der Waals surface area (Å²) in [7, 11) is 0. The van der Waals surface area contributed by atoms with Gasteiger partial charge in [-0.15, -0.1) is 5.10 Å². The lowest BCUT2D eigenvalue weighted by Crippen LogP contribution is -2.34. The van der Waals surface area contributed by atoms with Gasteiger partial charge in [-0.1, -0.05) is 6.07 Å². The minimum absolute atomic E-state index is 0.472. The standard InChI is InChI=1S/C22H27N7/c1-2-8-23-19(5-1)17-29-14-9-24-22(29)18-6-12-28(13-7-18)21-15-20(16-25-26-21)27-10-3-4-11-27/h1-2,5,8-9,14-16,18H,3-4,6-7,10-13,17H2. The van der Waals surface area contributed by atoms with E-state index in [2.05, 4.69) is 52.9 Å². The third-order valence-corrected chi connectivity index (χ3v) is 6.09. The summed E-state index contributed by atoms with van der Waals surface area (Å²) < 4.78 is 2.25. The Balaban J connectivity index is 1.25. The number of anilines is 2. The molecule has 5 rings (SSSR count). The topological polar surface area (TPSA) is 63.0 Å². The first kappa shape index (κ1) is 18.1. The molecular formula is C22H27N7. The molecule has 2 aliphatic heterocycles. The monoisotopic (exact) mass is 389 g/mol. The highest BCUT2D eigenvalue weighted by Crippen LogP contribution is 2.30. The van der Waals surface area contributed by atoms with Crippen molar-refractivity contribution in [1.82, 2.24) is 24.7 Å². The second kappa shape index (κ2) is 8.19. The largest absolute Gasteiger partial charge is 0.370 e. The fourth-order valence-electron chi connectivity index (χ4n) is 4.50. The van der Waals surface area contributed by atoms with Crippen molar-refractivity contribution in [2.24, 2.45) is 0 Å². The number of imidazole rings is 1. The molecule has 0 N–H and O–H groups in total. The Labute approximate surface area is 171 Å². The summed E-state index contributed by atoms with van der Waals surface area (Å²) in [6.45, 7) is 5.01. The van der Waals surface area contributed by atoms with Gasteiger partial charge in [0.1, 0.15) is 5.82 Å². The molecule has 5 heterocycles. The lowest BCUT2D eigenvalue weighted by Gasteiger charge is -2.33. The van der Waals surface area contributed by atoms with Crippen LogP contribution < -0.4 is 9.80 Å². The maximum absolute atomic E-state index is 4.68. The van der Waals surface area contributed by atoms with Gasteiger partial charge in [0, 0.05) is 56.8 Å². The van der Waals surface area contributed by atoms with E-state index in [1.54, 1.807) is 0 Å². The first-order valence-electron chi connectivity index (χ1n) is 10.6. The Bertz CT molecular complexity index is 925. The van der Waals surface area contributed by atoms with Gasteiger partial charge in [0.2, 0.25) is 0 Å². The van der Waals surface area contributed by atoms with E-state index < -0.39 is 0 Å². The van der Waals surface area contributed by atoms with Crippen molar-refractivity contribution in [1.29, 1.82) is 0 Å². The van der Waals surface area contributed by atoms with Crippen LogP contribution in [0.1, 0.15) is 43.1 Å². The number of nitrogens with zero attached hydrogens (tertiary/aromatic N) is 7. The minimum Gasteiger partial charge on any atom is -0.370 e. The molecule has 0 unspecified atom stereocenters. The fourth-order valence-corrected chi connectivity index (χ4v) is 4.50. The number of hydrogen-bond donors (Lipinski definition) is 0. The average Bonchev–Trinajstić information content (AvgIpc) is 3.47. The Kier molecular flexibility index (Phi) is 5.11. The molecule has 0 aliphatic carbocycles. The first-order chi connectivity index (χ1) is 14.4. The average molecular weight is 390 g/mol. The van der Waals surface area contributed by atoms with Crippen LogP contribution in [0.5, 0.6) is 0 Å². The predicted molar refractivity (Wildman–Crippen MR) is 113 cm³/mol. The van der Waals surface area contributed by atoms with Gasteiger partial charge < -0.3 is 14.4 Å². The lowest BCUT2D eigenvalue weighted by molar-refractivity contribution is 0.467. The highest BCUT2D eigenvalue weighted by atomic mass is 15.3. The first-order valence-corrected chi connectivity index (χ1v) is 10.6. The molecule has 29 heavy (non-hydrogen) atoms. The quantitative estimate of drug-likeness (QED) is 0.668. The molecule has 2 aliphatic rings. The van der Waals surface area contributed by atoms with Gasteiger partial charge in [-0.05, 0) is 37.8 Å². The molecule has 3 aromatic rings. The maximum atomic E-state index is 4.68. The summed E-state index contributed by atoms with van der Waals surface area (Å²) in [4.78, 5) is 13.9. The van der Waals surface area contributed by atoms with E-state index in [1.165, 1.54) is 24.4 Å². The van der Waals surface area contributed by atoms with Crippen molar-refractivity contribution >= 4 is 11.5 Å². The van der Waals surface area contributed by atoms with E-state index in [-0.39, 0.29) is 0 Å². The molecule has 0 bridgehead atoms. The van der Waals surface area contributed by atoms with E-state index in [4.69, 9.17) is 0 Å². The third-order valence-electron chi connectivity index (χ3n) is 6.09. The van der Waals surface area contributed by atoms with E-state index >= 15 is 0 Å². The molecule has 0 atom stereocenters. The molecule has 0 spiro atoms. The molecular weight excluding hydrogens is 362 g/mol. The van der Waals surface area contributed by atoms with E-state index in [1.807, 2.05) is 30.7 Å². The number of aromatic nitrogens is 5. The summed E-state index contributed by atoms with van der Waals surface area (Å²) in [6, 6.07) is 8.27. The Morgan fingerprint density at radius 1 is 0.931 bits per heavy atom. The van der Waals surface area contributed by atoms with Gasteiger partial charge in [0.15, 0.2) is 5.82 Å². The van der Waals surface area contributed by atoms with Crippen LogP contribution in [0.2, 0.25) is 0 Å². The van der Waals surface area contributed by atoms with Gasteiger partial charge in [0.25, 0.3) is 0 Å². The second-order valence-corrected chi connectivity index (χ2v) is 7.96. The minimum atomic E-state index is 0.472. The van der Waals surface area contributed by atoms with Gasteiger partial charge in [-0.3, -0.25) is 4.98 Å². The van der Waals surface area contributed by atoms with Crippen LogP contribution in [0, 0.1) is 0 Å². The van der Waals surface area contributed by atoms with Crippen molar-refractivity contribution in [2.45, 2.75) is 38.1 Å². The molecule has 0 aromatic carbocycles. The highest BCUT2D eigenvalue weighted by Gasteiger charge is 2.25. The molecule has 0 radical (unpaired) electrons. The fraction of sp³-hybridized carbons (Fsp3) is 0.455. The molecule has 3 aromatic heterocycles. The number of rotatable bonds is 5. The van der Waals surface area contributed by atoms with Gasteiger partial charge in [-0.2, -0.15) is 5.10 Å². The summed E-state index contributed by atoms with van der Waals surface area (Å²) in [6.07, 6.45) is 12.4. The van der Waals surface area contributed by atoms with Gasteiger partial charge >= 0.3 is 0 Å². The van der Waals surface area contributed by atoms with Crippen molar-refractivity contribution < 1.29 is 0 Å². The van der Waals surface area contributed by atoms with Crippen LogP contribution >= 0.6 is 0 Å². The van der Waals surface area contributed by atoms with Crippen molar-refractivity contribution in [3.8, 4) is 0 Å². The summed E-state index contributed by atoms with van der Waals surface area (Å²) in [5.41, 5.74) is 2.28. The lowest BCUT2D eigenvalue weighted by atomic mass is 9.96. The Morgan fingerprint density at radius 3 is 2.59 bits per heavy atom. The number of hydrogen-bond acceptors (Lipinski definition) is 6. The van der Waals surface area contributed by atoms with Crippen LogP contribution in [0.25, 0.3) is 0 Å². The molecule has 2 saturated heterocycles. The molecule has 7 heteroatoms. The maximum Gasteiger partial charge on any atom is 0.153 e. The molecule has 2 fully saturated rings. The highest BCUT2D eigenvalue weighted by molar-refractivity contribution is 5.54. The zero-order valence-electron chi connectivity index (χ0n) is 16.7. The zero-order valence-corrected chi connectivity index (χ0v) is 16.7.